The van der Waals surface area contributed by atoms with Gasteiger partial charge in [0.1, 0.15) is 0 Å². The summed E-state index contributed by atoms with van der Waals surface area (Å²) < 4.78 is 9.97. The fourth-order valence-electron chi connectivity index (χ4n) is 2.82. The van der Waals surface area contributed by atoms with Crippen LogP contribution in [0.4, 0.5) is 0 Å². The van der Waals surface area contributed by atoms with Crippen molar-refractivity contribution in [2.75, 3.05) is 14.2 Å². The van der Waals surface area contributed by atoms with E-state index >= 15 is 0 Å². The van der Waals surface area contributed by atoms with Crippen LogP contribution < -0.4 is 4.74 Å². The predicted octanol–water partition coefficient (Wildman–Crippen LogP) is 3.09. The molecular weight excluding hydrogens is 332 g/mol. The minimum atomic E-state index is -0.718. The van der Waals surface area contributed by atoms with Gasteiger partial charge in [0.05, 0.1) is 14.2 Å². The fraction of sp³-hybridized carbons (Fsp3) is 0.200. The second-order valence-corrected chi connectivity index (χ2v) is 5.78. The molecule has 0 spiro atoms. The maximum absolute atomic E-state index is 12.2. The summed E-state index contributed by atoms with van der Waals surface area (Å²) in [5, 5.41) is 11.2. The zero-order valence-electron chi connectivity index (χ0n) is 14.6. The van der Waals surface area contributed by atoms with Crippen molar-refractivity contribution in [3.63, 3.8) is 0 Å². The number of esters is 1. The summed E-state index contributed by atoms with van der Waals surface area (Å²) in [4.78, 5) is 19.7. The number of H-pyrrole nitrogens is 1. The number of rotatable bonds is 6. The van der Waals surface area contributed by atoms with Gasteiger partial charge in [0.25, 0.3) is 0 Å². The van der Waals surface area contributed by atoms with E-state index in [0.29, 0.717) is 17.7 Å². The minimum absolute atomic E-state index is 0.0190. The van der Waals surface area contributed by atoms with Gasteiger partial charge in [-0.15, -0.1) is 0 Å². The lowest BCUT2D eigenvalue weighted by atomic mass is 10.1. The van der Waals surface area contributed by atoms with Crippen LogP contribution in [0.5, 0.6) is 11.5 Å². The average Bonchev–Trinajstić information content (AvgIpc) is 3.08. The Morgan fingerprint density at radius 2 is 2.04 bits per heavy atom. The summed E-state index contributed by atoms with van der Waals surface area (Å²) in [5.74, 6) is -0.108. The standard InChI is InChI=1S/C20H20N2O4/c1-25-18-9-5-6-13(19(18)23)11-22-17(20(24)26-2)10-14-12-21-16-8-4-3-7-15(14)16/h3-9,11-12,17,21,23H,10H2,1-2H3/t17-/m1/s1. The molecule has 0 saturated heterocycles. The molecule has 0 aliphatic carbocycles. The van der Waals surface area contributed by atoms with Crippen LogP contribution in [0.3, 0.4) is 0 Å². The minimum Gasteiger partial charge on any atom is -0.504 e. The molecule has 134 valence electrons. The van der Waals surface area contributed by atoms with Gasteiger partial charge in [-0.1, -0.05) is 24.3 Å². The van der Waals surface area contributed by atoms with E-state index in [-0.39, 0.29) is 5.75 Å². The number of aromatic nitrogens is 1. The van der Waals surface area contributed by atoms with Crippen LogP contribution >= 0.6 is 0 Å². The van der Waals surface area contributed by atoms with Gasteiger partial charge in [0.15, 0.2) is 17.5 Å². The van der Waals surface area contributed by atoms with Crippen molar-refractivity contribution in [1.29, 1.82) is 0 Å². The molecule has 0 radical (unpaired) electrons. The number of fused-ring (bicyclic) bond motifs is 1. The molecule has 0 saturated carbocycles. The van der Waals surface area contributed by atoms with E-state index in [1.807, 2.05) is 30.5 Å². The molecular formula is C20H20N2O4. The van der Waals surface area contributed by atoms with Crippen LogP contribution in [0.1, 0.15) is 11.1 Å². The Morgan fingerprint density at radius 3 is 2.81 bits per heavy atom. The lowest BCUT2D eigenvalue weighted by Crippen LogP contribution is -2.23. The van der Waals surface area contributed by atoms with Gasteiger partial charge >= 0.3 is 5.97 Å². The van der Waals surface area contributed by atoms with Crippen molar-refractivity contribution in [1.82, 2.24) is 4.98 Å². The zero-order valence-corrected chi connectivity index (χ0v) is 14.6. The highest BCUT2D eigenvalue weighted by molar-refractivity contribution is 5.88. The van der Waals surface area contributed by atoms with Crippen molar-refractivity contribution >= 4 is 23.1 Å². The third-order valence-electron chi connectivity index (χ3n) is 4.21. The quantitative estimate of drug-likeness (QED) is 0.527. The van der Waals surface area contributed by atoms with E-state index in [1.165, 1.54) is 20.4 Å². The molecule has 1 atom stereocenters. The van der Waals surface area contributed by atoms with Crippen molar-refractivity contribution in [2.45, 2.75) is 12.5 Å². The van der Waals surface area contributed by atoms with Gasteiger partial charge in [-0.05, 0) is 23.8 Å². The molecule has 2 aromatic carbocycles. The van der Waals surface area contributed by atoms with Gasteiger partial charge in [-0.3, -0.25) is 4.99 Å². The van der Waals surface area contributed by atoms with Crippen molar-refractivity contribution in [3.05, 3.63) is 59.8 Å². The number of nitrogens with zero attached hydrogens (tertiary/aromatic N) is 1. The number of aliphatic imine (C=N–C) groups is 1. The second-order valence-electron chi connectivity index (χ2n) is 5.78. The number of aromatic amines is 1. The number of para-hydroxylation sites is 2. The maximum Gasteiger partial charge on any atom is 0.330 e. The van der Waals surface area contributed by atoms with E-state index in [9.17, 15) is 9.90 Å². The summed E-state index contributed by atoms with van der Waals surface area (Å²) in [6.45, 7) is 0. The van der Waals surface area contributed by atoms with Crippen molar-refractivity contribution < 1.29 is 19.4 Å². The van der Waals surface area contributed by atoms with Crippen LogP contribution in [0.2, 0.25) is 0 Å². The molecule has 2 N–H and O–H groups in total. The highest BCUT2D eigenvalue weighted by Crippen LogP contribution is 2.28. The van der Waals surface area contributed by atoms with Crippen LogP contribution in [0, 0.1) is 0 Å². The Morgan fingerprint density at radius 1 is 1.23 bits per heavy atom. The van der Waals surface area contributed by atoms with Crippen LogP contribution in [-0.2, 0) is 16.0 Å². The molecule has 0 bridgehead atoms. The number of hydrogen-bond donors (Lipinski definition) is 2. The Kier molecular flexibility index (Phi) is 5.22. The lowest BCUT2D eigenvalue weighted by Gasteiger charge is -2.10. The third-order valence-corrected chi connectivity index (χ3v) is 4.21. The summed E-state index contributed by atoms with van der Waals surface area (Å²) in [7, 11) is 2.81. The molecule has 3 rings (SSSR count). The molecule has 26 heavy (non-hydrogen) atoms. The van der Waals surface area contributed by atoms with Gasteiger partial charge in [0.2, 0.25) is 0 Å². The van der Waals surface area contributed by atoms with E-state index in [1.54, 1.807) is 18.2 Å². The van der Waals surface area contributed by atoms with E-state index < -0.39 is 12.0 Å². The highest BCUT2D eigenvalue weighted by Gasteiger charge is 2.20. The van der Waals surface area contributed by atoms with Crippen molar-refractivity contribution in [3.8, 4) is 11.5 Å². The van der Waals surface area contributed by atoms with E-state index in [2.05, 4.69) is 9.98 Å². The number of nitrogens with one attached hydrogen (secondary N) is 1. The summed E-state index contributed by atoms with van der Waals surface area (Å²) >= 11 is 0. The van der Waals surface area contributed by atoms with Gasteiger partial charge in [-0.25, -0.2) is 4.79 Å². The Balaban J connectivity index is 1.88. The molecule has 0 unspecified atom stereocenters. The average molecular weight is 352 g/mol. The number of ether oxygens (including phenoxy) is 2. The first-order chi connectivity index (χ1) is 12.6. The Hall–Kier alpha value is -3.28. The second kappa shape index (κ2) is 7.74. The predicted molar refractivity (Wildman–Crippen MR) is 100 cm³/mol. The van der Waals surface area contributed by atoms with Crippen LogP contribution in [0.25, 0.3) is 10.9 Å². The van der Waals surface area contributed by atoms with Gasteiger partial charge < -0.3 is 19.6 Å². The highest BCUT2D eigenvalue weighted by atomic mass is 16.5. The lowest BCUT2D eigenvalue weighted by molar-refractivity contribution is -0.142. The number of aromatic hydroxyl groups is 1. The fourth-order valence-corrected chi connectivity index (χ4v) is 2.82. The Labute approximate surface area is 151 Å². The number of phenolic OH excluding ortho intramolecular Hbond substituents is 1. The molecule has 3 aromatic rings. The third kappa shape index (κ3) is 3.54. The number of carbonyl (C=O) groups excluding carboxylic acids is 1. The van der Waals surface area contributed by atoms with E-state index in [4.69, 9.17) is 9.47 Å². The summed E-state index contributed by atoms with van der Waals surface area (Å²) in [6.07, 6.45) is 3.73. The van der Waals surface area contributed by atoms with Crippen molar-refractivity contribution in [2.24, 2.45) is 4.99 Å². The summed E-state index contributed by atoms with van der Waals surface area (Å²) in [6, 6.07) is 12.2. The molecule has 0 fully saturated rings. The van der Waals surface area contributed by atoms with Crippen LogP contribution in [0.15, 0.2) is 53.7 Å². The molecule has 0 amide bonds. The van der Waals surface area contributed by atoms with Crippen LogP contribution in [-0.4, -0.2) is 42.5 Å². The molecule has 1 aromatic heterocycles. The number of carbonyl (C=O) groups is 1. The molecule has 0 aliphatic heterocycles. The SMILES string of the molecule is COC(=O)[C@@H](Cc1c[nH]c2ccccc12)N=Cc1cccc(OC)c1O. The molecule has 6 nitrogen and oxygen atoms in total. The van der Waals surface area contributed by atoms with Gasteiger partial charge in [0, 0.05) is 35.3 Å². The largest absolute Gasteiger partial charge is 0.504 e. The van der Waals surface area contributed by atoms with E-state index in [0.717, 1.165) is 16.5 Å². The maximum atomic E-state index is 12.2. The molecule has 0 aliphatic rings. The number of hydrogen-bond acceptors (Lipinski definition) is 5. The normalized spacial score (nSPS) is 12.4. The van der Waals surface area contributed by atoms with Gasteiger partial charge in [-0.2, -0.15) is 0 Å². The first-order valence-electron chi connectivity index (χ1n) is 8.16. The number of phenols is 1. The zero-order chi connectivity index (χ0) is 18.5. The monoisotopic (exact) mass is 352 g/mol. The molecule has 6 heteroatoms. The topological polar surface area (TPSA) is 83.9 Å². The number of methoxy groups -OCH3 is 2. The number of benzene rings is 2. The molecule has 1 heterocycles. The first-order valence-corrected chi connectivity index (χ1v) is 8.16. The Bertz CT molecular complexity index is 946. The summed E-state index contributed by atoms with van der Waals surface area (Å²) in [5.41, 5.74) is 2.45. The first kappa shape index (κ1) is 17.5. The smallest absolute Gasteiger partial charge is 0.330 e.